The highest BCUT2D eigenvalue weighted by Crippen LogP contribution is 2.49. The fraction of sp³-hybridized carbons (Fsp3) is 0.0870. The van der Waals surface area contributed by atoms with Gasteiger partial charge in [0, 0.05) is 21.0 Å². The summed E-state index contributed by atoms with van der Waals surface area (Å²) in [7, 11) is 1.65. The lowest BCUT2D eigenvalue weighted by atomic mass is 10.2. The van der Waals surface area contributed by atoms with Crippen molar-refractivity contribution in [2.24, 2.45) is 4.99 Å². The van der Waals surface area contributed by atoms with Crippen molar-refractivity contribution in [3.05, 3.63) is 82.3 Å². The van der Waals surface area contributed by atoms with Crippen LogP contribution in [0.5, 0.6) is 5.75 Å². The number of rotatable bonds is 5. The number of fused-ring (bicyclic) bond motifs is 2. The van der Waals surface area contributed by atoms with Crippen LogP contribution in [0.2, 0.25) is 5.02 Å². The van der Waals surface area contributed by atoms with Crippen LogP contribution in [0.4, 0.5) is 16.5 Å². The molecule has 0 bridgehead atoms. The molecule has 0 unspecified atom stereocenters. The number of nitrogens with zero attached hydrogens (tertiary/aromatic N) is 4. The first-order valence-corrected chi connectivity index (χ1v) is 11.6. The Morgan fingerprint density at radius 2 is 1.81 bits per heavy atom. The van der Waals surface area contributed by atoms with Gasteiger partial charge in [-0.25, -0.2) is 4.99 Å². The van der Waals surface area contributed by atoms with Crippen molar-refractivity contribution in [2.75, 3.05) is 12.0 Å². The molecule has 0 spiro atoms. The molecule has 1 aliphatic heterocycles. The Balaban J connectivity index is 1.40. The molecule has 31 heavy (non-hydrogen) atoms. The predicted octanol–water partition coefficient (Wildman–Crippen LogP) is 6.75. The van der Waals surface area contributed by atoms with Gasteiger partial charge in [0.15, 0.2) is 0 Å². The first-order chi connectivity index (χ1) is 15.2. The van der Waals surface area contributed by atoms with E-state index in [0.29, 0.717) is 16.7 Å². The molecule has 0 atom stereocenters. The summed E-state index contributed by atoms with van der Waals surface area (Å²) in [4.78, 5) is 9.10. The molecule has 0 saturated heterocycles. The van der Waals surface area contributed by atoms with Gasteiger partial charge < -0.3 is 9.64 Å². The van der Waals surface area contributed by atoms with Gasteiger partial charge in [0.1, 0.15) is 10.8 Å². The van der Waals surface area contributed by atoms with Gasteiger partial charge >= 0.3 is 0 Å². The van der Waals surface area contributed by atoms with Gasteiger partial charge in [0.05, 0.1) is 25.0 Å². The molecule has 8 heteroatoms. The predicted molar refractivity (Wildman–Crippen MR) is 128 cm³/mol. The van der Waals surface area contributed by atoms with Crippen LogP contribution in [0, 0.1) is 0 Å². The SMILES string of the molecule is COc1ccc(/C=N/c2nnc(CN3c4ccccc4Sc4ccc(Cl)cc43)s2)cc1. The van der Waals surface area contributed by atoms with Crippen LogP contribution in [0.25, 0.3) is 0 Å². The maximum Gasteiger partial charge on any atom is 0.231 e. The minimum Gasteiger partial charge on any atom is -0.497 e. The van der Waals surface area contributed by atoms with Crippen LogP contribution in [0.3, 0.4) is 0 Å². The Bertz CT molecular complexity index is 1260. The van der Waals surface area contributed by atoms with Crippen LogP contribution in [-0.2, 0) is 6.54 Å². The van der Waals surface area contributed by atoms with E-state index in [1.165, 1.54) is 21.1 Å². The third-order valence-electron chi connectivity index (χ3n) is 4.78. The van der Waals surface area contributed by atoms with Gasteiger partial charge in [0.25, 0.3) is 0 Å². The molecule has 0 saturated carbocycles. The molecule has 0 amide bonds. The molecular formula is C23H17ClN4OS2. The smallest absolute Gasteiger partial charge is 0.231 e. The lowest BCUT2D eigenvalue weighted by Crippen LogP contribution is -2.20. The molecule has 2 heterocycles. The molecule has 0 N–H and O–H groups in total. The largest absolute Gasteiger partial charge is 0.497 e. The zero-order chi connectivity index (χ0) is 21.2. The summed E-state index contributed by atoms with van der Waals surface area (Å²) in [6.07, 6.45) is 1.78. The molecule has 5 rings (SSSR count). The van der Waals surface area contributed by atoms with E-state index in [4.69, 9.17) is 16.3 Å². The fourth-order valence-corrected chi connectivity index (χ4v) is 5.20. The first-order valence-electron chi connectivity index (χ1n) is 9.54. The van der Waals surface area contributed by atoms with Crippen molar-refractivity contribution in [3.63, 3.8) is 0 Å². The van der Waals surface area contributed by atoms with Gasteiger partial charge in [-0.2, -0.15) is 0 Å². The number of hydrogen-bond acceptors (Lipinski definition) is 7. The van der Waals surface area contributed by atoms with Crippen LogP contribution in [0.1, 0.15) is 10.6 Å². The van der Waals surface area contributed by atoms with E-state index in [1.54, 1.807) is 25.1 Å². The maximum atomic E-state index is 6.31. The van der Waals surface area contributed by atoms with Crippen LogP contribution in [-0.4, -0.2) is 23.5 Å². The van der Waals surface area contributed by atoms with Crippen molar-refractivity contribution in [2.45, 2.75) is 16.3 Å². The topological polar surface area (TPSA) is 50.6 Å². The quantitative estimate of drug-likeness (QED) is 0.305. The highest BCUT2D eigenvalue weighted by Gasteiger charge is 2.24. The standard InChI is InChI=1S/C23H17ClN4OS2/c1-29-17-9-6-15(7-10-17)13-25-23-27-26-22(31-23)14-28-18-4-2-3-5-20(18)30-21-11-8-16(24)12-19(21)28/h2-13H,14H2,1H3/b25-13+. The molecule has 0 aliphatic carbocycles. The minimum absolute atomic E-state index is 0.598. The Labute approximate surface area is 193 Å². The summed E-state index contributed by atoms with van der Waals surface area (Å²) in [5.41, 5.74) is 3.19. The minimum atomic E-state index is 0.598. The monoisotopic (exact) mass is 464 g/mol. The summed E-state index contributed by atoms with van der Waals surface area (Å²) in [5.74, 6) is 0.815. The van der Waals surface area contributed by atoms with Gasteiger partial charge in [-0.1, -0.05) is 46.8 Å². The number of aliphatic imine (C=N–C) groups is 1. The number of aromatic nitrogens is 2. The van der Waals surface area contributed by atoms with Gasteiger partial charge in [-0.05, 0) is 60.2 Å². The number of ether oxygens (including phenoxy) is 1. The molecular weight excluding hydrogens is 448 g/mol. The second-order valence-electron chi connectivity index (χ2n) is 6.78. The fourth-order valence-electron chi connectivity index (χ4n) is 3.29. The van der Waals surface area contributed by atoms with Crippen LogP contribution >= 0.6 is 34.7 Å². The highest BCUT2D eigenvalue weighted by atomic mass is 35.5. The zero-order valence-corrected chi connectivity index (χ0v) is 18.9. The maximum absolute atomic E-state index is 6.31. The Hall–Kier alpha value is -2.87. The van der Waals surface area contributed by atoms with Crippen molar-refractivity contribution < 1.29 is 4.74 Å². The third kappa shape index (κ3) is 4.30. The molecule has 4 aromatic rings. The molecule has 0 fully saturated rings. The number of para-hydroxylation sites is 1. The highest BCUT2D eigenvalue weighted by molar-refractivity contribution is 7.99. The third-order valence-corrected chi connectivity index (χ3v) is 6.96. The van der Waals surface area contributed by atoms with Crippen molar-refractivity contribution in [1.29, 1.82) is 0 Å². The average molecular weight is 465 g/mol. The Morgan fingerprint density at radius 3 is 2.65 bits per heavy atom. The van der Waals surface area contributed by atoms with Gasteiger partial charge in [-0.3, -0.25) is 0 Å². The van der Waals surface area contributed by atoms with Crippen LogP contribution in [0.15, 0.2) is 81.5 Å². The van der Waals surface area contributed by atoms with E-state index in [9.17, 15) is 0 Å². The number of hydrogen-bond donors (Lipinski definition) is 0. The molecule has 1 aliphatic rings. The van der Waals surface area contributed by atoms with E-state index in [2.05, 4.69) is 44.4 Å². The zero-order valence-electron chi connectivity index (χ0n) is 16.5. The van der Waals surface area contributed by atoms with Gasteiger partial charge in [-0.15, -0.1) is 10.2 Å². The number of benzene rings is 3. The van der Waals surface area contributed by atoms with E-state index in [0.717, 1.165) is 27.7 Å². The second kappa shape index (κ2) is 8.70. The molecule has 154 valence electrons. The number of halogens is 1. The first kappa shape index (κ1) is 20.1. The summed E-state index contributed by atoms with van der Waals surface area (Å²) >= 11 is 9.54. The summed E-state index contributed by atoms with van der Waals surface area (Å²) in [5, 5.41) is 10.8. The van der Waals surface area contributed by atoms with E-state index in [-0.39, 0.29) is 0 Å². The summed E-state index contributed by atoms with van der Waals surface area (Å²) in [6.45, 7) is 0.598. The van der Waals surface area contributed by atoms with Crippen molar-refractivity contribution in [1.82, 2.24) is 10.2 Å². The van der Waals surface area contributed by atoms with Gasteiger partial charge in [0.2, 0.25) is 5.13 Å². The lowest BCUT2D eigenvalue weighted by molar-refractivity contribution is 0.415. The Morgan fingerprint density at radius 1 is 1.00 bits per heavy atom. The van der Waals surface area contributed by atoms with Crippen molar-refractivity contribution in [3.8, 4) is 5.75 Å². The molecule has 3 aromatic carbocycles. The summed E-state index contributed by atoms with van der Waals surface area (Å²) < 4.78 is 5.19. The number of methoxy groups -OCH3 is 1. The van der Waals surface area contributed by atoms with E-state index in [1.807, 2.05) is 42.5 Å². The lowest BCUT2D eigenvalue weighted by Gasteiger charge is -2.32. The summed E-state index contributed by atoms with van der Waals surface area (Å²) in [6, 6.07) is 22.1. The van der Waals surface area contributed by atoms with Crippen molar-refractivity contribution >= 4 is 57.4 Å². The average Bonchev–Trinajstić information content (AvgIpc) is 3.25. The van der Waals surface area contributed by atoms with Crippen LogP contribution < -0.4 is 9.64 Å². The molecule has 1 aromatic heterocycles. The number of anilines is 2. The Kier molecular flexibility index (Phi) is 5.63. The normalized spacial score (nSPS) is 12.6. The van der Waals surface area contributed by atoms with E-state index >= 15 is 0 Å². The molecule has 5 nitrogen and oxygen atoms in total. The second-order valence-corrected chi connectivity index (χ2v) is 9.34. The van der Waals surface area contributed by atoms with E-state index < -0.39 is 0 Å². The molecule has 0 radical (unpaired) electrons.